The molecule has 1 N–H and O–H groups in total. The third-order valence-corrected chi connectivity index (χ3v) is 4.52. The number of nitrogens with zero attached hydrogens (tertiary/aromatic N) is 2. The first-order valence-electron chi connectivity index (χ1n) is 7.99. The van der Waals surface area contributed by atoms with Crippen molar-refractivity contribution in [2.75, 3.05) is 32.7 Å². The van der Waals surface area contributed by atoms with Crippen molar-refractivity contribution in [2.24, 2.45) is 5.92 Å². The minimum atomic E-state index is 0.281. The van der Waals surface area contributed by atoms with Crippen molar-refractivity contribution in [3.63, 3.8) is 0 Å². The monoisotopic (exact) mass is 267 g/mol. The number of piperidine rings is 1. The van der Waals surface area contributed by atoms with Gasteiger partial charge < -0.3 is 15.1 Å². The quantitative estimate of drug-likeness (QED) is 0.833. The Morgan fingerprint density at radius 1 is 1.11 bits per heavy atom. The molecule has 2 heterocycles. The maximum atomic E-state index is 12.5. The third kappa shape index (κ3) is 3.85. The molecule has 2 unspecified atom stereocenters. The van der Waals surface area contributed by atoms with E-state index in [9.17, 15) is 4.79 Å². The van der Waals surface area contributed by atoms with Gasteiger partial charge in [0.1, 0.15) is 0 Å². The van der Waals surface area contributed by atoms with Gasteiger partial charge >= 0.3 is 6.03 Å². The predicted octanol–water partition coefficient (Wildman–Crippen LogP) is 2.30. The van der Waals surface area contributed by atoms with Crippen LogP contribution in [0.2, 0.25) is 0 Å². The summed E-state index contributed by atoms with van der Waals surface area (Å²) in [5, 5.41) is 3.53. The molecule has 110 valence electrons. The Morgan fingerprint density at radius 3 is 2.37 bits per heavy atom. The Hall–Kier alpha value is -0.770. The minimum absolute atomic E-state index is 0.281. The number of likely N-dealkylation sites (tertiary alicyclic amines) is 2. The number of hydrogen-bond acceptors (Lipinski definition) is 2. The van der Waals surface area contributed by atoms with Crippen LogP contribution in [-0.4, -0.2) is 54.6 Å². The van der Waals surface area contributed by atoms with E-state index in [0.29, 0.717) is 12.0 Å². The molecule has 2 aliphatic rings. The van der Waals surface area contributed by atoms with E-state index >= 15 is 0 Å². The maximum Gasteiger partial charge on any atom is 0.320 e. The number of nitrogens with one attached hydrogen (secondary N) is 1. The van der Waals surface area contributed by atoms with E-state index < -0.39 is 0 Å². The minimum Gasteiger partial charge on any atom is -0.325 e. The Morgan fingerprint density at radius 2 is 1.79 bits per heavy atom. The van der Waals surface area contributed by atoms with E-state index in [1.54, 1.807) is 0 Å². The molecule has 19 heavy (non-hydrogen) atoms. The van der Waals surface area contributed by atoms with E-state index in [-0.39, 0.29) is 6.03 Å². The summed E-state index contributed by atoms with van der Waals surface area (Å²) in [6, 6.07) is 0.863. The zero-order valence-corrected chi connectivity index (χ0v) is 12.5. The highest BCUT2D eigenvalue weighted by Crippen LogP contribution is 2.19. The van der Waals surface area contributed by atoms with Gasteiger partial charge in [-0.05, 0) is 31.7 Å². The van der Waals surface area contributed by atoms with Gasteiger partial charge in [0, 0.05) is 32.2 Å². The average Bonchev–Trinajstić information content (AvgIpc) is 2.69. The SMILES string of the molecule is CCNC1CCN(C(=O)N2CCCCCC2)CC1C. The van der Waals surface area contributed by atoms with Crippen LogP contribution in [0.25, 0.3) is 0 Å². The highest BCUT2D eigenvalue weighted by molar-refractivity contribution is 5.74. The molecule has 0 spiro atoms. The fourth-order valence-corrected chi connectivity index (χ4v) is 3.35. The van der Waals surface area contributed by atoms with Gasteiger partial charge in [-0.1, -0.05) is 26.7 Å². The first-order valence-corrected chi connectivity index (χ1v) is 7.99. The van der Waals surface area contributed by atoms with Gasteiger partial charge in [0.25, 0.3) is 0 Å². The lowest BCUT2D eigenvalue weighted by Gasteiger charge is -2.39. The topological polar surface area (TPSA) is 35.6 Å². The molecule has 0 aromatic carbocycles. The van der Waals surface area contributed by atoms with Crippen molar-refractivity contribution in [1.29, 1.82) is 0 Å². The second-order valence-corrected chi connectivity index (χ2v) is 6.06. The standard InChI is InChI=1S/C15H29N3O/c1-3-16-14-8-11-18(12-13(14)2)15(19)17-9-6-4-5-7-10-17/h13-14,16H,3-12H2,1-2H3. The molecule has 0 bridgehead atoms. The second kappa shape index (κ2) is 7.13. The Labute approximate surface area is 117 Å². The molecule has 0 radical (unpaired) electrons. The molecule has 2 fully saturated rings. The van der Waals surface area contributed by atoms with Gasteiger partial charge in [-0.2, -0.15) is 0 Å². The van der Waals surface area contributed by atoms with E-state index in [1.165, 1.54) is 25.7 Å². The predicted molar refractivity (Wildman–Crippen MR) is 78.3 cm³/mol. The van der Waals surface area contributed by atoms with Crippen LogP contribution < -0.4 is 5.32 Å². The number of carbonyl (C=O) groups excluding carboxylic acids is 1. The van der Waals surface area contributed by atoms with Crippen LogP contribution in [0.5, 0.6) is 0 Å². The number of amides is 2. The zero-order chi connectivity index (χ0) is 13.7. The molecule has 0 aromatic rings. The van der Waals surface area contributed by atoms with Gasteiger partial charge in [-0.25, -0.2) is 4.79 Å². The molecular formula is C15H29N3O. The maximum absolute atomic E-state index is 12.5. The van der Waals surface area contributed by atoms with Crippen LogP contribution in [0.15, 0.2) is 0 Å². The molecule has 0 aliphatic carbocycles. The van der Waals surface area contributed by atoms with Crippen LogP contribution in [0.1, 0.15) is 46.0 Å². The van der Waals surface area contributed by atoms with Crippen molar-refractivity contribution >= 4 is 6.03 Å². The summed E-state index contributed by atoms with van der Waals surface area (Å²) in [7, 11) is 0. The Kier molecular flexibility index (Phi) is 5.49. The summed E-state index contributed by atoms with van der Waals surface area (Å²) < 4.78 is 0. The molecule has 4 nitrogen and oxygen atoms in total. The van der Waals surface area contributed by atoms with Crippen molar-refractivity contribution < 1.29 is 4.79 Å². The molecule has 0 aromatic heterocycles. The van der Waals surface area contributed by atoms with Crippen molar-refractivity contribution in [3.8, 4) is 0 Å². The Bertz CT molecular complexity index is 287. The highest BCUT2D eigenvalue weighted by atomic mass is 16.2. The third-order valence-electron chi connectivity index (χ3n) is 4.52. The number of urea groups is 1. The van der Waals surface area contributed by atoms with Gasteiger partial charge in [-0.3, -0.25) is 0 Å². The first kappa shape index (κ1) is 14.6. The zero-order valence-electron chi connectivity index (χ0n) is 12.5. The molecule has 0 saturated carbocycles. The van der Waals surface area contributed by atoms with Crippen molar-refractivity contribution in [3.05, 3.63) is 0 Å². The van der Waals surface area contributed by atoms with E-state index in [2.05, 4.69) is 29.0 Å². The number of hydrogen-bond donors (Lipinski definition) is 1. The summed E-state index contributed by atoms with van der Waals surface area (Å²) in [4.78, 5) is 16.7. The molecule has 2 aliphatic heterocycles. The molecule has 2 amide bonds. The lowest BCUT2D eigenvalue weighted by Crippen LogP contribution is -2.53. The summed E-state index contributed by atoms with van der Waals surface area (Å²) >= 11 is 0. The van der Waals surface area contributed by atoms with Crippen molar-refractivity contribution in [2.45, 2.75) is 52.0 Å². The normalized spacial score (nSPS) is 29.2. The summed E-state index contributed by atoms with van der Waals surface area (Å²) in [6.45, 7) is 9.18. The smallest absolute Gasteiger partial charge is 0.320 e. The largest absolute Gasteiger partial charge is 0.325 e. The second-order valence-electron chi connectivity index (χ2n) is 6.06. The van der Waals surface area contributed by atoms with E-state index in [0.717, 1.165) is 39.1 Å². The van der Waals surface area contributed by atoms with Crippen LogP contribution in [-0.2, 0) is 0 Å². The molecular weight excluding hydrogens is 238 g/mol. The number of rotatable bonds is 2. The summed E-state index contributed by atoms with van der Waals surface area (Å²) in [5.41, 5.74) is 0. The van der Waals surface area contributed by atoms with Crippen molar-refractivity contribution in [1.82, 2.24) is 15.1 Å². The Balaban J connectivity index is 1.86. The molecule has 2 rings (SSSR count). The van der Waals surface area contributed by atoms with Crippen LogP contribution in [0.3, 0.4) is 0 Å². The van der Waals surface area contributed by atoms with E-state index in [4.69, 9.17) is 0 Å². The summed E-state index contributed by atoms with van der Waals surface area (Å²) in [6.07, 6.45) is 6.00. The fraction of sp³-hybridized carbons (Fsp3) is 0.933. The van der Waals surface area contributed by atoms with Gasteiger partial charge in [-0.15, -0.1) is 0 Å². The molecule has 2 atom stereocenters. The average molecular weight is 267 g/mol. The fourth-order valence-electron chi connectivity index (χ4n) is 3.35. The van der Waals surface area contributed by atoms with Crippen LogP contribution >= 0.6 is 0 Å². The summed E-state index contributed by atoms with van der Waals surface area (Å²) in [5.74, 6) is 0.560. The van der Waals surface area contributed by atoms with Gasteiger partial charge in [0.15, 0.2) is 0 Å². The van der Waals surface area contributed by atoms with E-state index in [1.807, 2.05) is 0 Å². The lowest BCUT2D eigenvalue weighted by atomic mass is 9.94. The van der Waals surface area contributed by atoms with Gasteiger partial charge in [0.05, 0.1) is 0 Å². The molecule has 2 saturated heterocycles. The molecule has 4 heteroatoms. The highest BCUT2D eigenvalue weighted by Gasteiger charge is 2.30. The number of carbonyl (C=O) groups is 1. The van der Waals surface area contributed by atoms with Gasteiger partial charge in [0.2, 0.25) is 0 Å². The van der Waals surface area contributed by atoms with Crippen LogP contribution in [0.4, 0.5) is 4.79 Å². The first-order chi connectivity index (χ1) is 9.22. The van der Waals surface area contributed by atoms with Crippen LogP contribution in [0, 0.1) is 5.92 Å². The lowest BCUT2D eigenvalue weighted by molar-refractivity contribution is 0.119.